The van der Waals surface area contributed by atoms with E-state index in [0.717, 1.165) is 20.5 Å². The molecule has 2 aromatic carbocycles. The Morgan fingerprint density at radius 3 is 2.41 bits per heavy atom. The summed E-state index contributed by atoms with van der Waals surface area (Å²) in [7, 11) is 0. The Hall–Kier alpha value is -2.64. The number of ether oxygens (including phenoxy) is 2. The highest BCUT2D eigenvalue weighted by molar-refractivity contribution is 9.10. The molecular formula is C22H20BrNO4S. The van der Waals surface area contributed by atoms with Gasteiger partial charge in [-0.05, 0) is 43.7 Å². The zero-order chi connectivity index (χ0) is 20.8. The SMILES string of the molecule is CCOC(=O)c1c(NC(=O)COc2ccc(Br)cc2)sc(C)c1-c1ccccc1. The molecule has 0 unspecified atom stereocenters. The molecule has 3 rings (SSSR count). The Kier molecular flexibility index (Phi) is 7.06. The average Bonchev–Trinajstić information content (AvgIpc) is 3.04. The standard InChI is InChI=1S/C22H20BrNO4S/c1-3-27-22(26)20-19(15-7-5-4-6-8-15)14(2)29-21(20)24-18(25)13-28-17-11-9-16(23)10-12-17/h4-12H,3,13H2,1-2H3,(H,24,25). The minimum Gasteiger partial charge on any atom is -0.484 e. The lowest BCUT2D eigenvalue weighted by Gasteiger charge is -2.10. The molecule has 1 amide bonds. The van der Waals surface area contributed by atoms with Gasteiger partial charge in [0.15, 0.2) is 6.61 Å². The second-order valence-corrected chi connectivity index (χ2v) is 8.26. The first-order chi connectivity index (χ1) is 14.0. The predicted molar refractivity (Wildman–Crippen MR) is 119 cm³/mol. The number of esters is 1. The van der Waals surface area contributed by atoms with E-state index in [1.54, 1.807) is 19.1 Å². The summed E-state index contributed by atoms with van der Waals surface area (Å²) in [6.07, 6.45) is 0. The number of thiophene rings is 1. The zero-order valence-electron chi connectivity index (χ0n) is 16.0. The summed E-state index contributed by atoms with van der Waals surface area (Å²) in [4.78, 5) is 26.0. The summed E-state index contributed by atoms with van der Waals surface area (Å²) in [6, 6.07) is 16.8. The van der Waals surface area contributed by atoms with Gasteiger partial charge in [0, 0.05) is 14.9 Å². The Morgan fingerprint density at radius 1 is 1.07 bits per heavy atom. The quantitative estimate of drug-likeness (QED) is 0.448. The van der Waals surface area contributed by atoms with Gasteiger partial charge in [-0.1, -0.05) is 46.3 Å². The van der Waals surface area contributed by atoms with Crippen molar-refractivity contribution < 1.29 is 19.1 Å². The normalized spacial score (nSPS) is 10.4. The maximum absolute atomic E-state index is 12.7. The molecule has 0 fully saturated rings. The number of aryl methyl sites for hydroxylation is 1. The lowest BCUT2D eigenvalue weighted by Crippen LogP contribution is -2.21. The number of hydrogen-bond donors (Lipinski definition) is 1. The lowest BCUT2D eigenvalue weighted by atomic mass is 10.0. The molecule has 1 heterocycles. The van der Waals surface area contributed by atoms with E-state index in [1.165, 1.54) is 11.3 Å². The van der Waals surface area contributed by atoms with Gasteiger partial charge in [-0.2, -0.15) is 0 Å². The van der Waals surface area contributed by atoms with Gasteiger partial charge in [0.05, 0.1) is 6.61 Å². The molecule has 0 saturated carbocycles. The van der Waals surface area contributed by atoms with Gasteiger partial charge in [-0.15, -0.1) is 11.3 Å². The fraction of sp³-hybridized carbons (Fsp3) is 0.182. The van der Waals surface area contributed by atoms with Crippen molar-refractivity contribution in [3.63, 3.8) is 0 Å². The molecule has 0 atom stereocenters. The van der Waals surface area contributed by atoms with Gasteiger partial charge in [0.1, 0.15) is 16.3 Å². The van der Waals surface area contributed by atoms with E-state index in [9.17, 15) is 9.59 Å². The van der Waals surface area contributed by atoms with Crippen molar-refractivity contribution >= 4 is 44.1 Å². The minimum atomic E-state index is -0.458. The highest BCUT2D eigenvalue weighted by atomic mass is 79.9. The van der Waals surface area contributed by atoms with Crippen LogP contribution in [0.25, 0.3) is 11.1 Å². The van der Waals surface area contributed by atoms with E-state index in [-0.39, 0.29) is 19.1 Å². The van der Waals surface area contributed by atoms with Crippen LogP contribution in [0.1, 0.15) is 22.2 Å². The third-order valence-electron chi connectivity index (χ3n) is 4.06. The monoisotopic (exact) mass is 473 g/mol. The van der Waals surface area contributed by atoms with E-state index in [1.807, 2.05) is 49.4 Å². The van der Waals surface area contributed by atoms with E-state index in [4.69, 9.17) is 9.47 Å². The van der Waals surface area contributed by atoms with E-state index in [2.05, 4.69) is 21.2 Å². The number of benzene rings is 2. The number of anilines is 1. The summed E-state index contributed by atoms with van der Waals surface area (Å²) < 4.78 is 11.7. The predicted octanol–water partition coefficient (Wildman–Crippen LogP) is 5.68. The van der Waals surface area contributed by atoms with Crippen LogP contribution in [0.3, 0.4) is 0 Å². The summed E-state index contributed by atoms with van der Waals surface area (Å²) >= 11 is 4.70. The van der Waals surface area contributed by atoms with Crippen LogP contribution in [-0.2, 0) is 9.53 Å². The molecule has 0 saturated heterocycles. The number of carbonyl (C=O) groups excluding carboxylic acids is 2. The highest BCUT2D eigenvalue weighted by Crippen LogP contribution is 2.40. The Labute approximate surface area is 181 Å². The number of nitrogens with one attached hydrogen (secondary N) is 1. The van der Waals surface area contributed by atoms with Crippen LogP contribution in [-0.4, -0.2) is 25.1 Å². The van der Waals surface area contributed by atoms with Crippen molar-refractivity contribution in [2.75, 3.05) is 18.5 Å². The van der Waals surface area contributed by atoms with Crippen LogP contribution in [0, 0.1) is 6.92 Å². The molecular weight excluding hydrogens is 454 g/mol. The number of halogens is 1. The third kappa shape index (κ3) is 5.25. The first kappa shape index (κ1) is 21.1. The van der Waals surface area contributed by atoms with E-state index >= 15 is 0 Å². The fourth-order valence-corrected chi connectivity index (χ4v) is 4.17. The van der Waals surface area contributed by atoms with Crippen molar-refractivity contribution in [2.24, 2.45) is 0 Å². The maximum Gasteiger partial charge on any atom is 0.341 e. The third-order valence-corrected chi connectivity index (χ3v) is 5.61. The molecule has 0 bridgehead atoms. The maximum atomic E-state index is 12.7. The smallest absolute Gasteiger partial charge is 0.341 e. The largest absolute Gasteiger partial charge is 0.484 e. The number of rotatable bonds is 7. The molecule has 0 aliphatic heterocycles. The molecule has 150 valence electrons. The average molecular weight is 474 g/mol. The van der Waals surface area contributed by atoms with Crippen LogP contribution >= 0.6 is 27.3 Å². The van der Waals surface area contributed by atoms with Crippen molar-refractivity contribution in [3.8, 4) is 16.9 Å². The Balaban J connectivity index is 1.83. The Bertz CT molecular complexity index is 1000. The van der Waals surface area contributed by atoms with Crippen molar-refractivity contribution in [1.82, 2.24) is 0 Å². The van der Waals surface area contributed by atoms with Gasteiger partial charge in [-0.3, -0.25) is 4.79 Å². The summed E-state index contributed by atoms with van der Waals surface area (Å²) in [5.74, 6) is -0.222. The van der Waals surface area contributed by atoms with Crippen LogP contribution in [0.5, 0.6) is 5.75 Å². The highest BCUT2D eigenvalue weighted by Gasteiger charge is 2.25. The zero-order valence-corrected chi connectivity index (χ0v) is 18.4. The molecule has 5 nitrogen and oxygen atoms in total. The first-order valence-corrected chi connectivity index (χ1v) is 10.6. The van der Waals surface area contributed by atoms with Crippen LogP contribution in [0.15, 0.2) is 59.1 Å². The second kappa shape index (κ2) is 9.71. The van der Waals surface area contributed by atoms with E-state index < -0.39 is 5.97 Å². The molecule has 1 aromatic heterocycles. The fourth-order valence-electron chi connectivity index (χ4n) is 2.83. The molecule has 0 aliphatic carbocycles. The molecule has 0 radical (unpaired) electrons. The van der Waals surface area contributed by atoms with Crippen molar-refractivity contribution in [2.45, 2.75) is 13.8 Å². The summed E-state index contributed by atoms with van der Waals surface area (Å²) in [5.41, 5.74) is 2.05. The van der Waals surface area contributed by atoms with Gasteiger partial charge >= 0.3 is 5.97 Å². The minimum absolute atomic E-state index is 0.165. The van der Waals surface area contributed by atoms with Crippen molar-refractivity contribution in [1.29, 1.82) is 0 Å². The van der Waals surface area contributed by atoms with Crippen LogP contribution in [0.4, 0.5) is 5.00 Å². The molecule has 0 aliphatic rings. The summed E-state index contributed by atoms with van der Waals surface area (Å²) in [5, 5.41) is 3.27. The topological polar surface area (TPSA) is 64.6 Å². The molecule has 29 heavy (non-hydrogen) atoms. The van der Waals surface area contributed by atoms with Gasteiger partial charge in [0.2, 0.25) is 0 Å². The number of carbonyl (C=O) groups is 2. The molecule has 0 spiro atoms. The second-order valence-electron chi connectivity index (χ2n) is 6.11. The summed E-state index contributed by atoms with van der Waals surface area (Å²) in [6.45, 7) is 3.76. The first-order valence-electron chi connectivity index (χ1n) is 9.03. The lowest BCUT2D eigenvalue weighted by molar-refractivity contribution is -0.118. The molecule has 1 N–H and O–H groups in total. The number of hydrogen-bond acceptors (Lipinski definition) is 5. The van der Waals surface area contributed by atoms with Crippen LogP contribution in [0.2, 0.25) is 0 Å². The van der Waals surface area contributed by atoms with Crippen LogP contribution < -0.4 is 10.1 Å². The number of amides is 1. The van der Waals surface area contributed by atoms with Gasteiger partial charge < -0.3 is 14.8 Å². The van der Waals surface area contributed by atoms with Gasteiger partial charge in [-0.25, -0.2) is 4.79 Å². The molecule has 7 heteroatoms. The Morgan fingerprint density at radius 2 is 1.76 bits per heavy atom. The van der Waals surface area contributed by atoms with Crippen molar-refractivity contribution in [3.05, 3.63) is 69.5 Å². The molecule has 3 aromatic rings. The van der Waals surface area contributed by atoms with E-state index in [0.29, 0.717) is 16.3 Å². The van der Waals surface area contributed by atoms with Gasteiger partial charge in [0.25, 0.3) is 5.91 Å².